The van der Waals surface area contributed by atoms with Gasteiger partial charge in [0.2, 0.25) is 0 Å². The highest BCUT2D eigenvalue weighted by molar-refractivity contribution is 5.54. The van der Waals surface area contributed by atoms with Crippen molar-refractivity contribution in [2.24, 2.45) is 0 Å². The molecule has 2 aromatic rings. The van der Waals surface area contributed by atoms with E-state index in [1.807, 2.05) is 0 Å². The number of pyridine rings is 1. The number of nitrogen functional groups attached to an aromatic ring is 2. The number of anilines is 2. The predicted molar refractivity (Wildman–Crippen MR) is 46.4 cm³/mol. The molecule has 2 heterocycles. The average molecular weight is 177 g/mol. The maximum absolute atomic E-state index is 5.41. The molecule has 0 saturated carbocycles. The third kappa shape index (κ3) is 1.41. The van der Waals surface area contributed by atoms with Gasteiger partial charge in [-0.15, -0.1) is 0 Å². The molecule has 4 N–H and O–H groups in total. The Morgan fingerprint density at radius 1 is 1.23 bits per heavy atom. The smallest absolute Gasteiger partial charge is 0.261 e. The minimum absolute atomic E-state index is 0.104. The largest absolute Gasteiger partial charge is 0.384 e. The third-order valence-corrected chi connectivity index (χ3v) is 1.48. The van der Waals surface area contributed by atoms with Crippen molar-refractivity contribution in [3.05, 3.63) is 18.3 Å². The first kappa shape index (κ1) is 7.53. The molecule has 6 nitrogen and oxygen atoms in total. The Bertz CT molecular complexity index is 407. The molecule has 13 heavy (non-hydrogen) atoms. The Labute approximate surface area is 73.6 Å². The van der Waals surface area contributed by atoms with E-state index < -0.39 is 0 Å². The van der Waals surface area contributed by atoms with Crippen LogP contribution in [0.1, 0.15) is 0 Å². The standard InChI is InChI=1S/C7H7N5O/c8-5-2-1-4(3-10-5)6-11-7(9)12-13-6/h1-3H,(H2,8,10)(H2,9,12). The van der Waals surface area contributed by atoms with Gasteiger partial charge in [-0.2, -0.15) is 4.98 Å². The van der Waals surface area contributed by atoms with E-state index >= 15 is 0 Å². The summed E-state index contributed by atoms with van der Waals surface area (Å²) in [5.74, 6) is 0.882. The lowest BCUT2D eigenvalue weighted by molar-refractivity contribution is 0.433. The van der Waals surface area contributed by atoms with E-state index in [9.17, 15) is 0 Å². The molecule has 0 fully saturated rings. The van der Waals surface area contributed by atoms with Gasteiger partial charge in [0, 0.05) is 6.20 Å². The van der Waals surface area contributed by atoms with E-state index in [2.05, 4.69) is 15.1 Å². The van der Waals surface area contributed by atoms with Crippen LogP contribution in [-0.4, -0.2) is 15.1 Å². The summed E-state index contributed by atoms with van der Waals surface area (Å²) in [5, 5.41) is 3.45. The second-order valence-electron chi connectivity index (χ2n) is 2.43. The van der Waals surface area contributed by atoms with Crippen molar-refractivity contribution in [1.29, 1.82) is 0 Å². The van der Waals surface area contributed by atoms with E-state index in [4.69, 9.17) is 16.0 Å². The van der Waals surface area contributed by atoms with Gasteiger partial charge in [-0.3, -0.25) is 0 Å². The van der Waals surface area contributed by atoms with Gasteiger partial charge in [0.15, 0.2) is 0 Å². The summed E-state index contributed by atoms with van der Waals surface area (Å²) in [6.45, 7) is 0. The molecule has 0 radical (unpaired) electrons. The monoisotopic (exact) mass is 177 g/mol. The van der Waals surface area contributed by atoms with Crippen molar-refractivity contribution in [3.63, 3.8) is 0 Å². The van der Waals surface area contributed by atoms with Crippen molar-refractivity contribution >= 4 is 11.8 Å². The van der Waals surface area contributed by atoms with Gasteiger partial charge >= 0.3 is 0 Å². The van der Waals surface area contributed by atoms with Crippen LogP contribution < -0.4 is 11.5 Å². The highest BCUT2D eigenvalue weighted by Crippen LogP contribution is 2.16. The Kier molecular flexibility index (Phi) is 1.59. The van der Waals surface area contributed by atoms with Crippen LogP contribution in [0.15, 0.2) is 22.9 Å². The van der Waals surface area contributed by atoms with Crippen LogP contribution in [0.3, 0.4) is 0 Å². The predicted octanol–water partition coefficient (Wildman–Crippen LogP) is 0.296. The lowest BCUT2D eigenvalue weighted by Crippen LogP contribution is -1.89. The number of aromatic nitrogens is 3. The second-order valence-corrected chi connectivity index (χ2v) is 2.43. The van der Waals surface area contributed by atoms with E-state index in [1.165, 1.54) is 0 Å². The molecule has 66 valence electrons. The Morgan fingerprint density at radius 2 is 2.08 bits per heavy atom. The topological polar surface area (TPSA) is 104 Å². The van der Waals surface area contributed by atoms with Crippen LogP contribution in [0.5, 0.6) is 0 Å². The number of hydrogen-bond acceptors (Lipinski definition) is 6. The molecule has 2 rings (SSSR count). The van der Waals surface area contributed by atoms with Crippen LogP contribution in [0.2, 0.25) is 0 Å². The van der Waals surface area contributed by atoms with Crippen molar-refractivity contribution in [1.82, 2.24) is 15.1 Å². The first-order valence-electron chi connectivity index (χ1n) is 3.57. The van der Waals surface area contributed by atoms with Crippen LogP contribution >= 0.6 is 0 Å². The van der Waals surface area contributed by atoms with Gasteiger partial charge in [-0.1, -0.05) is 0 Å². The third-order valence-electron chi connectivity index (χ3n) is 1.48. The van der Waals surface area contributed by atoms with Crippen molar-refractivity contribution < 1.29 is 4.52 Å². The Hall–Kier alpha value is -2.11. The molecule has 0 saturated heterocycles. The minimum Gasteiger partial charge on any atom is -0.384 e. The van der Waals surface area contributed by atoms with Crippen molar-refractivity contribution in [2.45, 2.75) is 0 Å². The number of rotatable bonds is 1. The summed E-state index contributed by atoms with van der Waals surface area (Å²) in [7, 11) is 0. The summed E-state index contributed by atoms with van der Waals surface area (Å²) in [4.78, 5) is 7.70. The van der Waals surface area contributed by atoms with Gasteiger partial charge < -0.3 is 16.0 Å². The lowest BCUT2D eigenvalue weighted by Gasteiger charge is -1.93. The first-order valence-corrected chi connectivity index (χ1v) is 3.57. The Morgan fingerprint density at radius 3 is 2.62 bits per heavy atom. The van der Waals surface area contributed by atoms with E-state index in [1.54, 1.807) is 18.3 Å². The zero-order valence-corrected chi connectivity index (χ0v) is 6.64. The highest BCUT2D eigenvalue weighted by Gasteiger charge is 2.05. The highest BCUT2D eigenvalue weighted by atomic mass is 16.5. The maximum Gasteiger partial charge on any atom is 0.261 e. The number of nitrogens with two attached hydrogens (primary N) is 2. The molecule has 0 amide bonds. The normalized spacial score (nSPS) is 10.2. The van der Waals surface area contributed by atoms with Crippen molar-refractivity contribution in [3.8, 4) is 11.5 Å². The molecule has 0 unspecified atom stereocenters. The fourth-order valence-electron chi connectivity index (χ4n) is 0.884. The zero-order chi connectivity index (χ0) is 9.26. The SMILES string of the molecule is Nc1ccc(-c2nc(N)no2)cn1. The molecular weight excluding hydrogens is 170 g/mol. The molecule has 6 heteroatoms. The van der Waals surface area contributed by atoms with Crippen LogP contribution in [0.4, 0.5) is 11.8 Å². The summed E-state index contributed by atoms with van der Waals surface area (Å²) in [6, 6.07) is 3.38. The number of hydrogen-bond donors (Lipinski definition) is 2. The maximum atomic E-state index is 5.41. The molecule has 0 spiro atoms. The molecule has 0 aromatic carbocycles. The summed E-state index contributed by atoms with van der Waals surface area (Å²) >= 11 is 0. The van der Waals surface area contributed by atoms with Gasteiger partial charge in [0.1, 0.15) is 5.82 Å². The first-order chi connectivity index (χ1) is 6.25. The summed E-state index contributed by atoms with van der Waals surface area (Å²) in [5.41, 5.74) is 11.4. The molecule has 0 bridgehead atoms. The van der Waals surface area contributed by atoms with Crippen LogP contribution in [0.25, 0.3) is 11.5 Å². The van der Waals surface area contributed by atoms with Gasteiger partial charge in [0.25, 0.3) is 11.8 Å². The van der Waals surface area contributed by atoms with E-state index in [0.29, 0.717) is 17.3 Å². The molecule has 2 aromatic heterocycles. The fourth-order valence-corrected chi connectivity index (χ4v) is 0.884. The zero-order valence-electron chi connectivity index (χ0n) is 6.64. The quantitative estimate of drug-likeness (QED) is 0.649. The number of nitrogens with zero attached hydrogens (tertiary/aromatic N) is 3. The lowest BCUT2D eigenvalue weighted by atomic mass is 10.3. The molecule has 0 aliphatic rings. The van der Waals surface area contributed by atoms with Crippen LogP contribution in [-0.2, 0) is 0 Å². The van der Waals surface area contributed by atoms with Crippen molar-refractivity contribution in [2.75, 3.05) is 11.5 Å². The van der Waals surface area contributed by atoms with Gasteiger partial charge in [0.05, 0.1) is 5.56 Å². The molecule has 0 atom stereocenters. The average Bonchev–Trinajstić information content (AvgIpc) is 2.53. The Balaban J connectivity index is 2.41. The second kappa shape index (κ2) is 2.74. The molecular formula is C7H7N5O. The molecule has 0 aliphatic carbocycles. The van der Waals surface area contributed by atoms with Gasteiger partial charge in [-0.25, -0.2) is 4.98 Å². The summed E-state index contributed by atoms with van der Waals surface area (Å²) in [6.07, 6.45) is 1.54. The van der Waals surface area contributed by atoms with E-state index in [0.717, 1.165) is 0 Å². The minimum atomic E-state index is 0.104. The fraction of sp³-hybridized carbons (Fsp3) is 0. The molecule has 0 aliphatic heterocycles. The van der Waals surface area contributed by atoms with E-state index in [-0.39, 0.29) is 5.95 Å². The van der Waals surface area contributed by atoms with Gasteiger partial charge in [-0.05, 0) is 17.3 Å². The van der Waals surface area contributed by atoms with Crippen LogP contribution in [0, 0.1) is 0 Å². The summed E-state index contributed by atoms with van der Waals surface area (Å²) < 4.78 is 4.82.